The Kier molecular flexibility index (Phi) is 5.89. The Bertz CT molecular complexity index is 1280. The van der Waals surface area contributed by atoms with Gasteiger partial charge in [-0.1, -0.05) is 38.5 Å². The van der Waals surface area contributed by atoms with Crippen LogP contribution in [0.5, 0.6) is 0 Å². The van der Waals surface area contributed by atoms with Crippen molar-refractivity contribution in [3.8, 4) is 5.69 Å². The quantitative estimate of drug-likeness (QED) is 0.486. The first-order valence-corrected chi connectivity index (χ1v) is 13.6. The van der Waals surface area contributed by atoms with Crippen molar-refractivity contribution in [1.29, 1.82) is 0 Å². The Morgan fingerprint density at radius 3 is 2.36 bits per heavy atom. The van der Waals surface area contributed by atoms with Crippen molar-refractivity contribution in [3.63, 3.8) is 0 Å². The molecule has 3 aromatic rings. The van der Waals surface area contributed by atoms with Crippen molar-refractivity contribution in [1.82, 2.24) is 19.4 Å². The third kappa shape index (κ3) is 3.75. The minimum Gasteiger partial charge on any atom is -0.351 e. The molecule has 6 rings (SSSR count). The molecular weight excluding hydrogens is 455 g/mol. The molecule has 1 N–H and O–H groups in total. The Morgan fingerprint density at radius 1 is 1.00 bits per heavy atom. The fraction of sp³-hybridized carbons (Fsp3) is 0.517. The third-order valence-corrected chi connectivity index (χ3v) is 8.65. The first-order chi connectivity index (χ1) is 17.5. The van der Waals surface area contributed by atoms with Gasteiger partial charge < -0.3 is 19.4 Å². The standard InChI is InChI=1S/C29H35FN4O2/c1-29(28(36)31-21-10-4-2-3-5-11-21)19-33-24-15-14-20(30)18-23(24)25(32-16-8-9-17-32)26(33)27(35)34(29)22-12-6-7-13-22/h8-9,14-18,21-22H,2-7,10-13,19H2,1H3,(H,31,36). The second-order valence-corrected chi connectivity index (χ2v) is 11.1. The van der Waals surface area contributed by atoms with Crippen molar-refractivity contribution in [2.45, 2.75) is 95.3 Å². The molecule has 2 aliphatic carbocycles. The summed E-state index contributed by atoms with van der Waals surface area (Å²) in [6, 6.07) is 8.68. The molecule has 2 saturated carbocycles. The number of nitrogens with zero attached hydrogens (tertiary/aromatic N) is 3. The SMILES string of the molecule is CC1(C(=O)NC2CCCCCC2)Cn2c(c(-n3cccc3)c3cc(F)ccc32)C(=O)N1C1CCCC1. The van der Waals surface area contributed by atoms with Crippen LogP contribution in [0.4, 0.5) is 4.39 Å². The molecule has 2 aromatic heterocycles. The lowest BCUT2D eigenvalue weighted by atomic mass is 9.91. The summed E-state index contributed by atoms with van der Waals surface area (Å²) < 4.78 is 18.3. The lowest BCUT2D eigenvalue weighted by Gasteiger charge is -2.47. The number of nitrogens with one attached hydrogen (secondary N) is 1. The van der Waals surface area contributed by atoms with E-state index in [9.17, 15) is 14.0 Å². The van der Waals surface area contributed by atoms with Crippen LogP contribution in [0.25, 0.3) is 16.6 Å². The van der Waals surface area contributed by atoms with E-state index in [0.717, 1.165) is 56.9 Å². The van der Waals surface area contributed by atoms with Crippen LogP contribution in [0.3, 0.4) is 0 Å². The average Bonchev–Trinajstić information content (AvgIpc) is 3.58. The Hall–Kier alpha value is -3.09. The zero-order valence-corrected chi connectivity index (χ0v) is 21.0. The van der Waals surface area contributed by atoms with Crippen molar-refractivity contribution in [3.05, 3.63) is 54.2 Å². The average molecular weight is 491 g/mol. The van der Waals surface area contributed by atoms with E-state index in [-0.39, 0.29) is 29.7 Å². The van der Waals surface area contributed by atoms with Gasteiger partial charge in [0.1, 0.15) is 17.1 Å². The molecule has 1 atom stereocenters. The smallest absolute Gasteiger partial charge is 0.273 e. The Balaban J connectivity index is 1.49. The number of halogens is 1. The van der Waals surface area contributed by atoms with Gasteiger partial charge in [0.15, 0.2) is 0 Å². The largest absolute Gasteiger partial charge is 0.351 e. The molecule has 1 unspecified atom stereocenters. The van der Waals surface area contributed by atoms with Gasteiger partial charge in [-0.05, 0) is 62.9 Å². The number of carbonyl (C=O) groups excluding carboxylic acids is 2. The molecule has 1 aromatic carbocycles. The molecule has 1 aliphatic heterocycles. The second-order valence-electron chi connectivity index (χ2n) is 11.1. The van der Waals surface area contributed by atoms with Crippen molar-refractivity contribution in [2.24, 2.45) is 0 Å². The molecule has 0 spiro atoms. The zero-order valence-electron chi connectivity index (χ0n) is 21.0. The van der Waals surface area contributed by atoms with Gasteiger partial charge in [-0.25, -0.2) is 4.39 Å². The van der Waals surface area contributed by atoms with Crippen LogP contribution < -0.4 is 5.32 Å². The van der Waals surface area contributed by atoms with Crippen LogP contribution in [0, 0.1) is 5.82 Å². The summed E-state index contributed by atoms with van der Waals surface area (Å²) in [5, 5.41) is 4.04. The fourth-order valence-corrected chi connectivity index (χ4v) is 6.83. The first kappa shape index (κ1) is 23.3. The molecule has 0 saturated heterocycles. The Labute approximate surface area is 211 Å². The molecule has 3 aliphatic rings. The Morgan fingerprint density at radius 2 is 1.67 bits per heavy atom. The second kappa shape index (κ2) is 9.09. The van der Waals surface area contributed by atoms with Gasteiger partial charge >= 0.3 is 0 Å². The van der Waals surface area contributed by atoms with Gasteiger partial charge in [0.2, 0.25) is 5.91 Å². The summed E-state index contributed by atoms with van der Waals surface area (Å²) in [4.78, 5) is 30.4. The number of amides is 2. The molecular formula is C29H35FN4O2. The van der Waals surface area contributed by atoms with E-state index in [1.54, 1.807) is 6.07 Å². The van der Waals surface area contributed by atoms with Crippen LogP contribution in [-0.2, 0) is 11.3 Å². The van der Waals surface area contributed by atoms with Crippen LogP contribution in [-0.4, -0.2) is 43.5 Å². The number of hydrogen-bond acceptors (Lipinski definition) is 2. The number of benzene rings is 1. The van der Waals surface area contributed by atoms with Gasteiger partial charge in [-0.3, -0.25) is 9.59 Å². The number of rotatable bonds is 4. The van der Waals surface area contributed by atoms with Crippen molar-refractivity contribution in [2.75, 3.05) is 0 Å². The topological polar surface area (TPSA) is 59.3 Å². The van der Waals surface area contributed by atoms with E-state index in [4.69, 9.17) is 0 Å². The van der Waals surface area contributed by atoms with Gasteiger partial charge in [0, 0.05) is 29.9 Å². The number of fused-ring (bicyclic) bond motifs is 3. The summed E-state index contributed by atoms with van der Waals surface area (Å²) in [5.41, 5.74) is 0.995. The van der Waals surface area contributed by atoms with E-state index in [0.29, 0.717) is 23.3 Å². The highest BCUT2D eigenvalue weighted by atomic mass is 19.1. The van der Waals surface area contributed by atoms with Crippen LogP contribution in [0.2, 0.25) is 0 Å². The van der Waals surface area contributed by atoms with Gasteiger partial charge in [0.05, 0.1) is 17.7 Å². The predicted octanol–water partition coefficient (Wildman–Crippen LogP) is 5.57. The van der Waals surface area contributed by atoms with Crippen LogP contribution in [0.1, 0.15) is 81.6 Å². The van der Waals surface area contributed by atoms with Crippen LogP contribution in [0.15, 0.2) is 42.7 Å². The number of hydrogen-bond donors (Lipinski definition) is 1. The van der Waals surface area contributed by atoms with E-state index in [2.05, 4.69) is 5.32 Å². The highest BCUT2D eigenvalue weighted by Gasteiger charge is 2.52. The summed E-state index contributed by atoms with van der Waals surface area (Å²) in [5.74, 6) is -0.536. The molecule has 6 nitrogen and oxygen atoms in total. The maximum atomic E-state index is 14.5. The summed E-state index contributed by atoms with van der Waals surface area (Å²) in [6.07, 6.45) is 14.4. The van der Waals surface area contributed by atoms with Crippen molar-refractivity contribution < 1.29 is 14.0 Å². The minimum absolute atomic E-state index is 0.0309. The normalized spacial score (nSPS) is 23.7. The first-order valence-electron chi connectivity index (χ1n) is 13.6. The molecule has 0 bridgehead atoms. The molecule has 190 valence electrons. The van der Waals surface area contributed by atoms with Crippen molar-refractivity contribution >= 4 is 22.7 Å². The predicted molar refractivity (Wildman–Crippen MR) is 138 cm³/mol. The lowest BCUT2D eigenvalue weighted by molar-refractivity contribution is -0.135. The fourth-order valence-electron chi connectivity index (χ4n) is 6.83. The summed E-state index contributed by atoms with van der Waals surface area (Å²) >= 11 is 0. The summed E-state index contributed by atoms with van der Waals surface area (Å²) in [7, 11) is 0. The lowest BCUT2D eigenvalue weighted by Crippen LogP contribution is -2.67. The maximum absolute atomic E-state index is 14.5. The monoisotopic (exact) mass is 490 g/mol. The van der Waals surface area contributed by atoms with Gasteiger partial charge in [-0.2, -0.15) is 0 Å². The molecule has 0 radical (unpaired) electrons. The van der Waals surface area contributed by atoms with E-state index < -0.39 is 5.54 Å². The van der Waals surface area contributed by atoms with Gasteiger partial charge in [0.25, 0.3) is 5.91 Å². The maximum Gasteiger partial charge on any atom is 0.273 e. The molecule has 7 heteroatoms. The van der Waals surface area contributed by atoms with Crippen LogP contribution >= 0.6 is 0 Å². The van der Waals surface area contributed by atoms with E-state index >= 15 is 0 Å². The third-order valence-electron chi connectivity index (χ3n) is 8.65. The highest BCUT2D eigenvalue weighted by molar-refractivity contribution is 6.09. The molecule has 2 fully saturated rings. The number of carbonyl (C=O) groups is 2. The van der Waals surface area contributed by atoms with E-state index in [1.165, 1.54) is 25.0 Å². The summed E-state index contributed by atoms with van der Waals surface area (Å²) in [6.45, 7) is 2.29. The van der Waals surface area contributed by atoms with E-state index in [1.807, 2.05) is 45.5 Å². The number of aromatic nitrogens is 2. The van der Waals surface area contributed by atoms with Gasteiger partial charge in [-0.15, -0.1) is 0 Å². The molecule has 3 heterocycles. The molecule has 2 amide bonds. The zero-order chi connectivity index (χ0) is 24.9. The minimum atomic E-state index is -1.01. The highest BCUT2D eigenvalue weighted by Crippen LogP contribution is 2.41. The molecule has 36 heavy (non-hydrogen) atoms.